The van der Waals surface area contributed by atoms with Crippen molar-refractivity contribution in [2.24, 2.45) is 5.11 Å². The summed E-state index contributed by atoms with van der Waals surface area (Å²) in [7, 11) is -14.5. The molecule has 4 unspecified atom stereocenters. The molecule has 1 N–H and O–H groups in total. The van der Waals surface area contributed by atoms with Crippen LogP contribution in [0.4, 0.5) is 8.78 Å². The van der Waals surface area contributed by atoms with Crippen molar-refractivity contribution in [2.45, 2.75) is 250 Å². The Balaban J connectivity index is 1.82. The second-order valence-electron chi connectivity index (χ2n) is 20.6. The van der Waals surface area contributed by atoms with Crippen molar-refractivity contribution in [2.75, 3.05) is 33.0 Å². The van der Waals surface area contributed by atoms with Crippen LogP contribution in [0.1, 0.15) is 225 Å². The Morgan fingerprint density at radius 1 is 0.707 bits per heavy atom. The van der Waals surface area contributed by atoms with Gasteiger partial charge in [-0.25, -0.2) is 4.79 Å². The lowest BCUT2D eigenvalue weighted by molar-refractivity contribution is -0.233. The number of rotatable bonds is 49. The van der Waals surface area contributed by atoms with Crippen LogP contribution in [0.2, 0.25) is 0 Å². The third kappa shape index (κ3) is 30.9. The van der Waals surface area contributed by atoms with Crippen molar-refractivity contribution in [3.8, 4) is 0 Å². The Kier molecular flexibility index (Phi) is 37.5. The predicted molar refractivity (Wildman–Crippen MR) is 297 cm³/mol. The zero-order valence-electron chi connectivity index (χ0n) is 48.1. The van der Waals surface area contributed by atoms with E-state index < -0.39 is 134 Å². The number of aromatic nitrogens is 2. The van der Waals surface area contributed by atoms with Crippen molar-refractivity contribution >= 4 is 54.1 Å². The molecule has 0 amide bonds. The SMILES string of the molecule is [B-]P(=O)(OC[C@H]1O[C@@H](n2cc(C)c(=O)[nH]c2=O)C[C@H]1N=[N+]=[N-])OP(=O)([O-])C(F)(F)P(=O)([O-])OCCOC(=O)CCC(=O)OCC(COC(=O)CCCCCCCCCCCCCCC)OC(=O)CCCCCCCCCCCCCCC. The van der Waals surface area contributed by atoms with Crippen LogP contribution in [-0.4, -0.2) is 97.7 Å². The smallest absolute Gasteiger partial charge is 0.368 e. The van der Waals surface area contributed by atoms with Crippen molar-refractivity contribution in [1.82, 2.24) is 9.55 Å². The van der Waals surface area contributed by atoms with Crippen LogP contribution in [0.25, 0.3) is 10.4 Å². The highest BCUT2D eigenvalue weighted by Gasteiger charge is 2.55. The first-order valence-corrected chi connectivity index (χ1v) is 33.8. The minimum absolute atomic E-state index is 0.0799. The average Bonchev–Trinajstić information content (AvgIpc) is 3.83. The third-order valence-corrected chi connectivity index (χ3v) is 19.0. The summed E-state index contributed by atoms with van der Waals surface area (Å²) < 4.78 is 107. The first kappa shape index (κ1) is 74.3. The molecule has 24 nitrogen and oxygen atoms in total. The van der Waals surface area contributed by atoms with Crippen molar-refractivity contribution in [3.05, 3.63) is 43.0 Å². The highest BCUT2D eigenvalue weighted by molar-refractivity contribution is 7.85. The summed E-state index contributed by atoms with van der Waals surface area (Å²) in [4.78, 5) is 104. The largest absolute Gasteiger partial charge is 0.774 e. The van der Waals surface area contributed by atoms with Gasteiger partial charge in [-0.05, 0) is 25.3 Å². The van der Waals surface area contributed by atoms with Crippen LogP contribution >= 0.6 is 22.7 Å². The number of carbonyl (C=O) groups is 4. The second-order valence-corrected chi connectivity index (χ2v) is 26.3. The normalized spacial score (nSPS) is 17.9. The highest BCUT2D eigenvalue weighted by Crippen LogP contribution is 2.75. The molecular weight excluding hydrogens is 1140 g/mol. The molecule has 0 spiro atoms. The van der Waals surface area contributed by atoms with Gasteiger partial charge in [0.1, 0.15) is 26.0 Å². The molecule has 0 bridgehead atoms. The number of esters is 4. The van der Waals surface area contributed by atoms with Crippen molar-refractivity contribution in [1.29, 1.82) is 0 Å². The summed E-state index contributed by atoms with van der Waals surface area (Å²) in [6.45, 7) is 1.36. The van der Waals surface area contributed by atoms with E-state index in [0.717, 1.165) is 62.1 Å². The number of alkyl halides is 2. The Morgan fingerprint density at radius 3 is 1.62 bits per heavy atom. The monoisotopic (exact) mass is 1230 g/mol. The third-order valence-electron chi connectivity index (χ3n) is 13.4. The molecule has 0 aromatic carbocycles. The fraction of sp³-hybridized carbons (Fsp3) is 0.846. The van der Waals surface area contributed by atoms with E-state index in [1.54, 1.807) is 0 Å². The number of halogens is 2. The molecule has 469 valence electrons. The van der Waals surface area contributed by atoms with E-state index in [1.165, 1.54) is 110 Å². The van der Waals surface area contributed by atoms with Gasteiger partial charge in [0.15, 0.2) is 6.10 Å². The van der Waals surface area contributed by atoms with Gasteiger partial charge in [-0.15, -0.1) is 0 Å². The molecule has 1 aromatic heterocycles. The van der Waals surface area contributed by atoms with Crippen LogP contribution in [0.3, 0.4) is 0 Å². The molecule has 7 atom stereocenters. The molecule has 1 aliphatic rings. The number of nitrogens with zero attached hydrogens (tertiary/aromatic N) is 4. The van der Waals surface area contributed by atoms with Crippen molar-refractivity contribution in [3.63, 3.8) is 0 Å². The fourth-order valence-electron chi connectivity index (χ4n) is 8.69. The van der Waals surface area contributed by atoms with Gasteiger partial charge in [-0.3, -0.25) is 37.8 Å². The zero-order chi connectivity index (χ0) is 60.9. The molecular formula is C52H87BF2N5O19P3-3. The lowest BCUT2D eigenvalue weighted by atomic mass is 10.0. The summed E-state index contributed by atoms with van der Waals surface area (Å²) in [6.07, 6.45) is 25.3. The molecule has 0 saturated carbocycles. The van der Waals surface area contributed by atoms with E-state index >= 15 is 0 Å². The fourth-order valence-corrected chi connectivity index (χ4v) is 13.0. The van der Waals surface area contributed by atoms with Gasteiger partial charge in [0.2, 0.25) is 15.2 Å². The lowest BCUT2D eigenvalue weighted by Crippen LogP contribution is -2.33. The number of azide groups is 1. The summed E-state index contributed by atoms with van der Waals surface area (Å²) in [5, 5.41) is -2.50. The Morgan fingerprint density at radius 2 is 1.15 bits per heavy atom. The maximum Gasteiger partial charge on any atom is 0.368 e. The van der Waals surface area contributed by atoms with E-state index in [0.29, 0.717) is 12.8 Å². The van der Waals surface area contributed by atoms with Gasteiger partial charge in [-0.2, -0.15) is 8.78 Å². The number of unbranched alkanes of at least 4 members (excludes halogenated alkanes) is 24. The average molecular weight is 1230 g/mol. The Bertz CT molecular complexity index is 2380. The molecule has 2 rings (SSSR count). The number of H-pyrrole nitrogens is 1. The number of hydrogen-bond donors (Lipinski definition) is 1. The summed E-state index contributed by atoms with van der Waals surface area (Å²) in [6, 6.07) is -1.22. The number of carbonyl (C=O) groups excluding carboxylic acids is 4. The first-order chi connectivity index (χ1) is 39.0. The molecule has 1 saturated heterocycles. The Labute approximate surface area is 481 Å². The molecule has 3 radical (unpaired) electrons. The molecule has 0 aliphatic carbocycles. The maximum absolute atomic E-state index is 15.0. The lowest BCUT2D eigenvalue weighted by Gasteiger charge is -2.42. The quantitative estimate of drug-likeness (QED) is 0.00925. The van der Waals surface area contributed by atoms with Gasteiger partial charge < -0.3 is 63.8 Å². The number of hydrogen-bond acceptors (Lipinski definition) is 20. The van der Waals surface area contributed by atoms with Crippen LogP contribution < -0.4 is 21.0 Å². The molecule has 1 aromatic rings. The van der Waals surface area contributed by atoms with Crippen LogP contribution in [0, 0.1) is 6.92 Å². The first-order valence-electron chi connectivity index (χ1n) is 29.1. The van der Waals surface area contributed by atoms with Gasteiger partial charge in [0, 0.05) is 35.9 Å². The number of aryl methyl sites for hydroxylation is 1. The summed E-state index contributed by atoms with van der Waals surface area (Å²) >= 11 is 0. The number of aromatic amines is 1. The van der Waals surface area contributed by atoms with E-state index in [2.05, 4.69) is 37.2 Å². The minimum Gasteiger partial charge on any atom is -0.774 e. The van der Waals surface area contributed by atoms with Crippen LogP contribution in [0.15, 0.2) is 20.9 Å². The van der Waals surface area contributed by atoms with Gasteiger partial charge in [-0.1, -0.05) is 173 Å². The second kappa shape index (κ2) is 41.3. The molecule has 1 aliphatic heterocycles. The van der Waals surface area contributed by atoms with Gasteiger partial charge in [0.25, 0.3) is 5.56 Å². The standard InChI is InChI=1S/C52H89BF2N5O19P3/c1-4-6-8-10-12-14-16-18-20-22-24-26-28-30-46(61)73-38-42(77-49(64)31-29-27-25-23-21-19-17-15-13-11-9-7-5-2)39-74-48(63)33-32-47(62)72-34-35-75-80(67,68)52(54,55)81(69,70)79-82(53,71)76-40-44-43(58-59-56)36-45(78-44)60-37-41(3)50(65)57-51(60)66/h37,42-45H,4-36,38-40H2,1-3H3,(H,67,68)(H,69,70)(H,57,65,66)/q-1/p-2/t42?,43-,44-,45-,82?/m1/s1. The summed E-state index contributed by atoms with van der Waals surface area (Å²) in [5.41, 5.74) is 7.41. The zero-order valence-corrected chi connectivity index (χ0v) is 50.7. The van der Waals surface area contributed by atoms with E-state index in [-0.39, 0.29) is 24.8 Å². The van der Waals surface area contributed by atoms with Crippen LogP contribution in [0.5, 0.6) is 0 Å². The minimum atomic E-state index is -7.17. The van der Waals surface area contributed by atoms with Gasteiger partial charge >= 0.3 is 35.0 Å². The topological polar surface area (TPSA) is 343 Å². The van der Waals surface area contributed by atoms with E-state index in [1.807, 2.05) is 4.98 Å². The Hall–Kier alpha value is -3.76. The number of ether oxygens (including phenoxy) is 5. The van der Waals surface area contributed by atoms with E-state index in [4.69, 9.17) is 36.8 Å². The van der Waals surface area contributed by atoms with E-state index in [9.17, 15) is 61.0 Å². The molecule has 2 heterocycles. The van der Waals surface area contributed by atoms with Crippen molar-refractivity contribution < 1.29 is 88.5 Å². The number of nitrogens with one attached hydrogen (secondary N) is 1. The molecule has 1 fully saturated rings. The maximum atomic E-state index is 15.0. The highest BCUT2D eigenvalue weighted by atomic mass is 31.3. The predicted octanol–water partition coefficient (Wildman–Crippen LogP) is 11.1. The summed E-state index contributed by atoms with van der Waals surface area (Å²) in [5.74, 6) is -3.24. The van der Waals surface area contributed by atoms with Gasteiger partial charge in [0.05, 0.1) is 45.7 Å². The molecule has 30 heteroatoms. The van der Waals surface area contributed by atoms with Crippen LogP contribution in [-0.2, 0) is 69.9 Å². The molecule has 82 heavy (non-hydrogen) atoms.